The third-order valence-electron chi connectivity index (χ3n) is 3.25. The van der Waals surface area contributed by atoms with Crippen molar-refractivity contribution < 1.29 is 4.79 Å². The number of aromatic nitrogens is 2. The molecule has 0 aliphatic carbocycles. The van der Waals surface area contributed by atoms with E-state index in [0.717, 1.165) is 29.8 Å². The average Bonchev–Trinajstić information content (AvgIpc) is 2.99. The van der Waals surface area contributed by atoms with Crippen LogP contribution in [-0.2, 0) is 4.79 Å². The number of nitrogens with one attached hydrogen (secondary N) is 2. The van der Waals surface area contributed by atoms with Crippen molar-refractivity contribution in [2.45, 2.75) is 19.8 Å². The highest BCUT2D eigenvalue weighted by atomic mass is 16.1. The van der Waals surface area contributed by atoms with Crippen LogP contribution < -0.4 is 11.1 Å². The van der Waals surface area contributed by atoms with Crippen LogP contribution in [0.4, 0.5) is 5.69 Å². The predicted octanol–water partition coefficient (Wildman–Crippen LogP) is 2.39. The van der Waals surface area contributed by atoms with Gasteiger partial charge in [-0.2, -0.15) is 5.10 Å². The molecule has 5 heteroatoms. The molecular weight excluding hydrogens is 252 g/mol. The first-order chi connectivity index (χ1) is 9.70. The van der Waals surface area contributed by atoms with Crippen LogP contribution in [0.15, 0.2) is 36.5 Å². The van der Waals surface area contributed by atoms with E-state index in [-0.39, 0.29) is 11.8 Å². The Morgan fingerprint density at radius 3 is 2.70 bits per heavy atom. The lowest BCUT2D eigenvalue weighted by Gasteiger charge is -2.11. The first-order valence-electron chi connectivity index (χ1n) is 6.81. The summed E-state index contributed by atoms with van der Waals surface area (Å²) in [6.07, 6.45) is 3.39. The third kappa shape index (κ3) is 3.68. The number of benzene rings is 1. The van der Waals surface area contributed by atoms with Gasteiger partial charge in [-0.15, -0.1) is 0 Å². The van der Waals surface area contributed by atoms with Crippen molar-refractivity contribution in [3.63, 3.8) is 0 Å². The summed E-state index contributed by atoms with van der Waals surface area (Å²) in [6, 6.07) is 9.59. The molecule has 0 saturated heterocycles. The van der Waals surface area contributed by atoms with Crippen LogP contribution in [0, 0.1) is 5.92 Å². The van der Waals surface area contributed by atoms with Gasteiger partial charge in [0.25, 0.3) is 0 Å². The van der Waals surface area contributed by atoms with Gasteiger partial charge in [-0.3, -0.25) is 9.89 Å². The fraction of sp³-hybridized carbons (Fsp3) is 0.333. The highest BCUT2D eigenvalue weighted by Crippen LogP contribution is 2.19. The second-order valence-electron chi connectivity index (χ2n) is 4.87. The van der Waals surface area contributed by atoms with Gasteiger partial charge < -0.3 is 11.1 Å². The molecule has 1 heterocycles. The van der Waals surface area contributed by atoms with E-state index in [2.05, 4.69) is 15.5 Å². The summed E-state index contributed by atoms with van der Waals surface area (Å²) in [4.78, 5) is 12.0. The van der Waals surface area contributed by atoms with Crippen LogP contribution in [0.2, 0.25) is 0 Å². The zero-order chi connectivity index (χ0) is 14.4. The number of carbonyl (C=O) groups excluding carboxylic acids is 1. The van der Waals surface area contributed by atoms with Gasteiger partial charge in [0.2, 0.25) is 5.91 Å². The standard InChI is InChI=1S/C15H20N4O/c1-11(3-2-9-16)15(20)18-13-6-4-12(5-7-13)14-8-10-17-19-14/h4-8,10-11H,2-3,9,16H2,1H3,(H,17,19)(H,18,20). The second-order valence-corrected chi connectivity index (χ2v) is 4.87. The van der Waals surface area contributed by atoms with Gasteiger partial charge in [-0.25, -0.2) is 0 Å². The Morgan fingerprint density at radius 1 is 1.35 bits per heavy atom. The monoisotopic (exact) mass is 272 g/mol. The molecular formula is C15H20N4O. The normalized spacial score (nSPS) is 12.1. The molecule has 2 rings (SSSR count). The molecule has 0 fully saturated rings. The Kier molecular flexibility index (Phi) is 4.90. The molecule has 20 heavy (non-hydrogen) atoms. The maximum absolute atomic E-state index is 12.0. The SMILES string of the molecule is CC(CCCN)C(=O)Nc1ccc(-c2ccn[nH]2)cc1. The first kappa shape index (κ1) is 14.3. The molecule has 0 aliphatic heterocycles. The molecule has 1 atom stereocenters. The Balaban J connectivity index is 1.95. The summed E-state index contributed by atoms with van der Waals surface area (Å²) >= 11 is 0. The minimum absolute atomic E-state index is 0.0224. The van der Waals surface area contributed by atoms with Crippen LogP contribution in [0.3, 0.4) is 0 Å². The number of aromatic amines is 1. The van der Waals surface area contributed by atoms with E-state index in [9.17, 15) is 4.79 Å². The van der Waals surface area contributed by atoms with Crippen LogP contribution in [0.1, 0.15) is 19.8 Å². The number of amides is 1. The van der Waals surface area contributed by atoms with Crippen LogP contribution in [0.5, 0.6) is 0 Å². The lowest BCUT2D eigenvalue weighted by Crippen LogP contribution is -2.21. The molecule has 0 aliphatic rings. The molecule has 1 amide bonds. The molecule has 2 aromatic rings. The Morgan fingerprint density at radius 2 is 2.10 bits per heavy atom. The van der Waals surface area contributed by atoms with E-state index in [0.29, 0.717) is 6.54 Å². The van der Waals surface area contributed by atoms with E-state index < -0.39 is 0 Å². The van der Waals surface area contributed by atoms with E-state index in [1.165, 1.54) is 0 Å². The van der Waals surface area contributed by atoms with E-state index in [1.807, 2.05) is 37.3 Å². The highest BCUT2D eigenvalue weighted by Gasteiger charge is 2.12. The van der Waals surface area contributed by atoms with Crippen molar-refractivity contribution in [3.05, 3.63) is 36.5 Å². The number of nitrogens with two attached hydrogens (primary N) is 1. The first-order valence-corrected chi connectivity index (χ1v) is 6.81. The van der Waals surface area contributed by atoms with E-state index in [4.69, 9.17) is 5.73 Å². The summed E-state index contributed by atoms with van der Waals surface area (Å²) in [5.74, 6) is 0.0126. The van der Waals surface area contributed by atoms with Gasteiger partial charge in [-0.05, 0) is 43.1 Å². The third-order valence-corrected chi connectivity index (χ3v) is 3.25. The largest absolute Gasteiger partial charge is 0.330 e. The summed E-state index contributed by atoms with van der Waals surface area (Å²) in [6.45, 7) is 2.54. The Labute approximate surface area is 118 Å². The molecule has 0 saturated carbocycles. The van der Waals surface area contributed by atoms with Gasteiger partial charge in [0.15, 0.2) is 0 Å². The maximum atomic E-state index is 12.0. The molecule has 1 aromatic carbocycles. The van der Waals surface area contributed by atoms with E-state index in [1.54, 1.807) is 6.20 Å². The van der Waals surface area contributed by atoms with Gasteiger partial charge >= 0.3 is 0 Å². The maximum Gasteiger partial charge on any atom is 0.227 e. The Hall–Kier alpha value is -2.14. The highest BCUT2D eigenvalue weighted by molar-refractivity contribution is 5.92. The minimum Gasteiger partial charge on any atom is -0.330 e. The van der Waals surface area contributed by atoms with Crippen molar-refractivity contribution in [2.75, 3.05) is 11.9 Å². The predicted molar refractivity (Wildman–Crippen MR) is 80.1 cm³/mol. The number of hydrogen-bond donors (Lipinski definition) is 3. The number of rotatable bonds is 6. The quantitative estimate of drug-likeness (QED) is 0.755. The second kappa shape index (κ2) is 6.86. The molecule has 1 unspecified atom stereocenters. The average molecular weight is 272 g/mol. The Bertz CT molecular complexity index is 534. The van der Waals surface area contributed by atoms with Crippen molar-refractivity contribution >= 4 is 11.6 Å². The molecule has 5 nitrogen and oxygen atoms in total. The number of anilines is 1. The zero-order valence-electron chi connectivity index (χ0n) is 11.6. The summed E-state index contributed by atoms with van der Waals surface area (Å²) in [5, 5.41) is 9.74. The summed E-state index contributed by atoms with van der Waals surface area (Å²) in [5.41, 5.74) is 8.25. The van der Waals surface area contributed by atoms with Crippen molar-refractivity contribution in [2.24, 2.45) is 11.7 Å². The lowest BCUT2D eigenvalue weighted by atomic mass is 10.0. The minimum atomic E-state index is -0.0224. The molecule has 4 N–H and O–H groups in total. The number of carbonyl (C=O) groups is 1. The summed E-state index contributed by atoms with van der Waals surface area (Å²) < 4.78 is 0. The number of nitrogens with zero attached hydrogens (tertiary/aromatic N) is 1. The molecule has 0 bridgehead atoms. The topological polar surface area (TPSA) is 83.8 Å². The van der Waals surface area contributed by atoms with Crippen LogP contribution >= 0.6 is 0 Å². The summed E-state index contributed by atoms with van der Waals surface area (Å²) in [7, 11) is 0. The molecule has 106 valence electrons. The zero-order valence-corrected chi connectivity index (χ0v) is 11.6. The number of hydrogen-bond acceptors (Lipinski definition) is 3. The van der Waals surface area contributed by atoms with Crippen molar-refractivity contribution in [1.29, 1.82) is 0 Å². The lowest BCUT2D eigenvalue weighted by molar-refractivity contribution is -0.119. The van der Waals surface area contributed by atoms with E-state index >= 15 is 0 Å². The van der Waals surface area contributed by atoms with Gasteiger partial charge in [0.1, 0.15) is 0 Å². The fourth-order valence-electron chi connectivity index (χ4n) is 1.97. The van der Waals surface area contributed by atoms with Gasteiger partial charge in [0, 0.05) is 17.8 Å². The van der Waals surface area contributed by atoms with Crippen LogP contribution in [0.25, 0.3) is 11.3 Å². The molecule has 1 aromatic heterocycles. The van der Waals surface area contributed by atoms with Crippen LogP contribution in [-0.4, -0.2) is 22.6 Å². The van der Waals surface area contributed by atoms with Crippen molar-refractivity contribution in [3.8, 4) is 11.3 Å². The molecule has 0 radical (unpaired) electrons. The number of H-pyrrole nitrogens is 1. The van der Waals surface area contributed by atoms with Crippen molar-refractivity contribution in [1.82, 2.24) is 10.2 Å². The smallest absolute Gasteiger partial charge is 0.227 e. The molecule has 0 spiro atoms. The van der Waals surface area contributed by atoms with Gasteiger partial charge in [-0.1, -0.05) is 19.1 Å². The fourth-order valence-corrected chi connectivity index (χ4v) is 1.97. The van der Waals surface area contributed by atoms with Gasteiger partial charge in [0.05, 0.1) is 5.69 Å².